The lowest BCUT2D eigenvalue weighted by Crippen LogP contribution is -2.36. The summed E-state index contributed by atoms with van der Waals surface area (Å²) in [7, 11) is 4.75. The lowest BCUT2D eigenvalue weighted by atomic mass is 9.73. The SMILES string of the molecule is CCN(CC)c1ccc(-c2nc3n(n2)C(c2cc(OC)c(OC)c(OC)c2)C2=C(CC(C)(C)CC2=O)N3)cc1. The number of anilines is 2. The number of benzene rings is 2. The molecule has 1 aliphatic carbocycles. The highest BCUT2D eigenvalue weighted by atomic mass is 16.5. The van der Waals surface area contributed by atoms with Crippen molar-refractivity contribution >= 4 is 17.4 Å². The van der Waals surface area contributed by atoms with Gasteiger partial charge in [0, 0.05) is 42.0 Å². The van der Waals surface area contributed by atoms with E-state index in [2.05, 4.69) is 50.0 Å². The van der Waals surface area contributed by atoms with E-state index in [9.17, 15) is 4.79 Å². The lowest BCUT2D eigenvalue weighted by molar-refractivity contribution is -0.118. The molecule has 1 aromatic heterocycles. The number of methoxy groups -OCH3 is 3. The zero-order chi connectivity index (χ0) is 27.9. The average molecular weight is 532 g/mol. The number of allylic oxidation sites excluding steroid dienone is 2. The summed E-state index contributed by atoms with van der Waals surface area (Å²) in [6.45, 7) is 10.4. The van der Waals surface area contributed by atoms with Crippen molar-refractivity contribution in [2.24, 2.45) is 5.41 Å². The van der Waals surface area contributed by atoms with Gasteiger partial charge >= 0.3 is 0 Å². The molecule has 3 aromatic rings. The Kier molecular flexibility index (Phi) is 7.01. The summed E-state index contributed by atoms with van der Waals surface area (Å²) in [5.74, 6) is 2.82. The Bertz CT molecular complexity index is 1390. The van der Waals surface area contributed by atoms with Crippen molar-refractivity contribution in [2.45, 2.75) is 46.6 Å². The van der Waals surface area contributed by atoms with Crippen molar-refractivity contribution in [3.63, 3.8) is 0 Å². The molecule has 0 bridgehead atoms. The smallest absolute Gasteiger partial charge is 0.226 e. The van der Waals surface area contributed by atoms with E-state index in [0.29, 0.717) is 41.0 Å². The van der Waals surface area contributed by atoms with E-state index in [1.807, 2.05) is 28.9 Å². The van der Waals surface area contributed by atoms with Gasteiger partial charge in [-0.3, -0.25) is 4.79 Å². The predicted octanol–water partition coefficient (Wildman–Crippen LogP) is 5.48. The predicted molar refractivity (Wildman–Crippen MR) is 152 cm³/mol. The van der Waals surface area contributed by atoms with Gasteiger partial charge in [0.2, 0.25) is 11.7 Å². The minimum absolute atomic E-state index is 0.0961. The van der Waals surface area contributed by atoms with Crippen LogP contribution in [0.1, 0.15) is 52.1 Å². The lowest BCUT2D eigenvalue weighted by Gasteiger charge is -2.38. The molecule has 206 valence electrons. The molecule has 1 N–H and O–H groups in total. The number of carbonyl (C=O) groups is 1. The second-order valence-corrected chi connectivity index (χ2v) is 10.7. The molecule has 0 spiro atoms. The molecule has 2 aromatic carbocycles. The van der Waals surface area contributed by atoms with Crippen LogP contribution in [0.2, 0.25) is 0 Å². The molecule has 1 unspecified atom stereocenters. The molecule has 0 amide bonds. The normalized spacial score (nSPS) is 17.7. The van der Waals surface area contributed by atoms with Crippen molar-refractivity contribution < 1.29 is 19.0 Å². The first-order valence-corrected chi connectivity index (χ1v) is 13.4. The van der Waals surface area contributed by atoms with E-state index in [1.165, 1.54) is 0 Å². The number of hydrogen-bond acceptors (Lipinski definition) is 8. The third-order valence-corrected chi connectivity index (χ3v) is 7.59. The van der Waals surface area contributed by atoms with E-state index in [0.717, 1.165) is 42.0 Å². The minimum Gasteiger partial charge on any atom is -0.493 e. The van der Waals surface area contributed by atoms with Crippen LogP contribution in [-0.4, -0.2) is 55.0 Å². The zero-order valence-electron chi connectivity index (χ0n) is 23.8. The third kappa shape index (κ3) is 4.70. The highest BCUT2D eigenvalue weighted by Crippen LogP contribution is 2.48. The fraction of sp³-hybridized carbons (Fsp3) is 0.433. The van der Waals surface area contributed by atoms with Gasteiger partial charge in [0.15, 0.2) is 23.1 Å². The number of ketones is 1. The molecule has 0 fully saturated rings. The standard InChI is InChI=1S/C30H37N5O4/c1-8-34(9-2)20-12-10-18(11-13-20)28-32-29-31-21-16-30(3,4)17-22(36)25(21)26(35(29)33-28)19-14-23(37-5)27(39-7)24(15-19)38-6/h10-15,26H,8-9,16-17H2,1-7H3,(H,31,32,33). The molecule has 1 atom stereocenters. The first kappa shape index (κ1) is 26.6. The highest BCUT2D eigenvalue weighted by molar-refractivity contribution is 6.00. The molecule has 9 heteroatoms. The number of fused-ring (bicyclic) bond motifs is 1. The van der Waals surface area contributed by atoms with Crippen LogP contribution in [0.3, 0.4) is 0 Å². The Balaban J connectivity index is 1.65. The van der Waals surface area contributed by atoms with Crippen LogP contribution in [0.25, 0.3) is 11.4 Å². The monoisotopic (exact) mass is 531 g/mol. The molecule has 0 saturated heterocycles. The number of nitrogens with zero attached hydrogens (tertiary/aromatic N) is 4. The fourth-order valence-electron chi connectivity index (χ4n) is 5.71. The van der Waals surface area contributed by atoms with Crippen molar-refractivity contribution in [2.75, 3.05) is 44.6 Å². The number of aromatic nitrogens is 3. The summed E-state index contributed by atoms with van der Waals surface area (Å²) in [5, 5.41) is 8.39. The molecule has 39 heavy (non-hydrogen) atoms. The number of Topliss-reactive ketones (excluding diaryl/α,β-unsaturated/α-hetero) is 1. The van der Waals surface area contributed by atoms with E-state index < -0.39 is 6.04 Å². The van der Waals surface area contributed by atoms with Gasteiger partial charge in [-0.1, -0.05) is 13.8 Å². The van der Waals surface area contributed by atoms with Crippen LogP contribution < -0.4 is 24.4 Å². The molecule has 5 rings (SSSR count). The molecule has 2 aliphatic rings. The van der Waals surface area contributed by atoms with Gasteiger partial charge in [0.05, 0.1) is 21.3 Å². The summed E-state index contributed by atoms with van der Waals surface area (Å²) in [6, 6.07) is 11.6. The molecule has 0 radical (unpaired) electrons. The highest BCUT2D eigenvalue weighted by Gasteiger charge is 2.42. The molecule has 1 aliphatic heterocycles. The summed E-state index contributed by atoms with van der Waals surface area (Å²) in [5.41, 5.74) is 4.30. The topological polar surface area (TPSA) is 90.7 Å². The fourth-order valence-corrected chi connectivity index (χ4v) is 5.71. The number of nitrogens with one attached hydrogen (secondary N) is 1. The van der Waals surface area contributed by atoms with Gasteiger partial charge in [0.25, 0.3) is 0 Å². The van der Waals surface area contributed by atoms with Crippen molar-refractivity contribution in [3.8, 4) is 28.6 Å². The van der Waals surface area contributed by atoms with Crippen LogP contribution >= 0.6 is 0 Å². The van der Waals surface area contributed by atoms with Crippen LogP contribution in [0.15, 0.2) is 47.7 Å². The van der Waals surface area contributed by atoms with Crippen LogP contribution in [0.5, 0.6) is 17.2 Å². The van der Waals surface area contributed by atoms with Crippen molar-refractivity contribution in [1.82, 2.24) is 14.8 Å². The van der Waals surface area contributed by atoms with Gasteiger partial charge in [-0.05, 0) is 67.6 Å². The van der Waals surface area contributed by atoms with Gasteiger partial charge in [0.1, 0.15) is 6.04 Å². The first-order chi connectivity index (χ1) is 18.7. The summed E-state index contributed by atoms with van der Waals surface area (Å²) >= 11 is 0. The second kappa shape index (κ2) is 10.3. The second-order valence-electron chi connectivity index (χ2n) is 10.7. The van der Waals surface area contributed by atoms with E-state index in [-0.39, 0.29) is 11.2 Å². The largest absolute Gasteiger partial charge is 0.493 e. The van der Waals surface area contributed by atoms with Crippen LogP contribution in [0.4, 0.5) is 11.6 Å². The molecular weight excluding hydrogens is 494 g/mol. The Morgan fingerprint density at radius 1 is 1.00 bits per heavy atom. The Morgan fingerprint density at radius 2 is 1.64 bits per heavy atom. The number of carbonyl (C=O) groups excluding carboxylic acids is 1. The van der Waals surface area contributed by atoms with Crippen LogP contribution in [0, 0.1) is 5.41 Å². The first-order valence-electron chi connectivity index (χ1n) is 13.4. The van der Waals surface area contributed by atoms with Gasteiger partial charge in [-0.2, -0.15) is 4.98 Å². The third-order valence-electron chi connectivity index (χ3n) is 7.59. The number of hydrogen-bond donors (Lipinski definition) is 1. The van der Waals surface area contributed by atoms with Crippen molar-refractivity contribution in [3.05, 3.63) is 53.2 Å². The van der Waals surface area contributed by atoms with Gasteiger partial charge < -0.3 is 24.4 Å². The maximum absolute atomic E-state index is 13.7. The van der Waals surface area contributed by atoms with Crippen LogP contribution in [-0.2, 0) is 4.79 Å². The summed E-state index contributed by atoms with van der Waals surface area (Å²) in [4.78, 5) is 20.8. The number of rotatable bonds is 8. The van der Waals surface area contributed by atoms with Gasteiger partial charge in [-0.25, -0.2) is 4.68 Å². The average Bonchev–Trinajstić information content (AvgIpc) is 3.35. The zero-order valence-corrected chi connectivity index (χ0v) is 23.8. The molecule has 9 nitrogen and oxygen atoms in total. The Labute approximate surface area is 229 Å². The molecule has 2 heterocycles. The van der Waals surface area contributed by atoms with Gasteiger partial charge in [-0.15, -0.1) is 5.10 Å². The minimum atomic E-state index is -0.496. The maximum Gasteiger partial charge on any atom is 0.226 e. The van der Waals surface area contributed by atoms with E-state index in [4.69, 9.17) is 24.3 Å². The van der Waals surface area contributed by atoms with E-state index in [1.54, 1.807) is 21.3 Å². The Hall–Kier alpha value is -4.01. The van der Waals surface area contributed by atoms with E-state index >= 15 is 0 Å². The Morgan fingerprint density at radius 3 is 2.21 bits per heavy atom. The van der Waals surface area contributed by atoms with Crippen molar-refractivity contribution in [1.29, 1.82) is 0 Å². The quantitative estimate of drug-likeness (QED) is 0.409. The molecule has 0 saturated carbocycles. The maximum atomic E-state index is 13.7. The number of ether oxygens (including phenoxy) is 3. The summed E-state index contributed by atoms with van der Waals surface area (Å²) in [6.07, 6.45) is 1.19. The summed E-state index contributed by atoms with van der Waals surface area (Å²) < 4.78 is 18.7. The molecular formula is C30H37N5O4.